The van der Waals surface area contributed by atoms with Gasteiger partial charge in [-0.05, 0) is 17.7 Å². The SMILES string of the molecule is CN=C(N)SCc1ccc(C#N)cc1. The van der Waals surface area contributed by atoms with E-state index in [-0.39, 0.29) is 0 Å². The molecular weight excluding hydrogens is 194 g/mol. The largest absolute Gasteiger partial charge is 0.379 e. The van der Waals surface area contributed by atoms with Crippen molar-refractivity contribution in [2.45, 2.75) is 5.75 Å². The number of hydrogen-bond donors (Lipinski definition) is 1. The van der Waals surface area contributed by atoms with Crippen LogP contribution in [0, 0.1) is 11.3 Å². The van der Waals surface area contributed by atoms with Gasteiger partial charge in [0, 0.05) is 12.8 Å². The quantitative estimate of drug-likeness (QED) is 0.591. The van der Waals surface area contributed by atoms with Gasteiger partial charge in [-0.2, -0.15) is 5.26 Å². The first-order chi connectivity index (χ1) is 6.76. The van der Waals surface area contributed by atoms with Crippen LogP contribution >= 0.6 is 11.8 Å². The van der Waals surface area contributed by atoms with E-state index in [9.17, 15) is 0 Å². The third-order valence-electron chi connectivity index (χ3n) is 1.69. The minimum atomic E-state index is 0.578. The molecule has 14 heavy (non-hydrogen) atoms. The summed E-state index contributed by atoms with van der Waals surface area (Å²) in [6, 6.07) is 9.53. The van der Waals surface area contributed by atoms with Gasteiger partial charge in [-0.1, -0.05) is 23.9 Å². The number of aliphatic imine (C=N–C) groups is 1. The maximum Gasteiger partial charge on any atom is 0.153 e. The summed E-state index contributed by atoms with van der Waals surface area (Å²) >= 11 is 1.49. The molecule has 1 aromatic rings. The number of benzene rings is 1. The zero-order valence-corrected chi connectivity index (χ0v) is 8.71. The van der Waals surface area contributed by atoms with Crippen LogP contribution in [0.2, 0.25) is 0 Å². The summed E-state index contributed by atoms with van der Waals surface area (Å²) in [6.45, 7) is 0. The van der Waals surface area contributed by atoms with Crippen molar-refractivity contribution < 1.29 is 0 Å². The van der Waals surface area contributed by atoms with Crippen molar-refractivity contribution in [2.24, 2.45) is 10.7 Å². The molecule has 0 saturated heterocycles. The normalized spacial score (nSPS) is 11.0. The smallest absolute Gasteiger partial charge is 0.153 e. The number of nitrogens with two attached hydrogens (primary N) is 1. The second kappa shape index (κ2) is 5.30. The van der Waals surface area contributed by atoms with Crippen LogP contribution in [0.1, 0.15) is 11.1 Å². The fraction of sp³-hybridized carbons (Fsp3) is 0.200. The van der Waals surface area contributed by atoms with Crippen molar-refractivity contribution in [1.29, 1.82) is 5.26 Å². The summed E-state index contributed by atoms with van der Waals surface area (Å²) in [4.78, 5) is 3.84. The Morgan fingerprint density at radius 1 is 1.50 bits per heavy atom. The molecule has 0 radical (unpaired) electrons. The van der Waals surface area contributed by atoms with E-state index >= 15 is 0 Å². The summed E-state index contributed by atoms with van der Waals surface area (Å²) in [6.07, 6.45) is 0. The Morgan fingerprint density at radius 3 is 2.64 bits per heavy atom. The first-order valence-corrected chi connectivity index (χ1v) is 5.09. The number of amidine groups is 1. The summed E-state index contributed by atoms with van der Waals surface area (Å²) in [5.74, 6) is 0.787. The van der Waals surface area contributed by atoms with Crippen LogP contribution in [0.3, 0.4) is 0 Å². The molecule has 0 aliphatic heterocycles. The van der Waals surface area contributed by atoms with Gasteiger partial charge < -0.3 is 5.73 Å². The lowest BCUT2D eigenvalue weighted by atomic mass is 10.2. The highest BCUT2D eigenvalue weighted by atomic mass is 32.2. The first kappa shape index (κ1) is 10.6. The number of hydrogen-bond acceptors (Lipinski definition) is 3. The van der Waals surface area contributed by atoms with Gasteiger partial charge in [0.15, 0.2) is 5.17 Å². The van der Waals surface area contributed by atoms with Crippen LogP contribution in [-0.2, 0) is 5.75 Å². The van der Waals surface area contributed by atoms with E-state index in [2.05, 4.69) is 11.1 Å². The van der Waals surface area contributed by atoms with Crippen LogP contribution in [0.15, 0.2) is 29.3 Å². The molecule has 0 saturated carbocycles. The average Bonchev–Trinajstić information content (AvgIpc) is 2.26. The van der Waals surface area contributed by atoms with Crippen LogP contribution in [0.25, 0.3) is 0 Å². The van der Waals surface area contributed by atoms with Crippen molar-refractivity contribution in [3.8, 4) is 6.07 Å². The van der Waals surface area contributed by atoms with E-state index < -0.39 is 0 Å². The average molecular weight is 205 g/mol. The van der Waals surface area contributed by atoms with E-state index in [0.717, 1.165) is 11.3 Å². The van der Waals surface area contributed by atoms with Crippen molar-refractivity contribution in [1.82, 2.24) is 0 Å². The zero-order valence-electron chi connectivity index (χ0n) is 7.90. The maximum absolute atomic E-state index is 8.59. The number of nitriles is 1. The Kier molecular flexibility index (Phi) is 4.02. The third kappa shape index (κ3) is 3.11. The molecule has 0 atom stereocenters. The lowest BCUT2D eigenvalue weighted by Gasteiger charge is -2.00. The number of nitrogens with zero attached hydrogens (tertiary/aromatic N) is 2. The van der Waals surface area contributed by atoms with Gasteiger partial charge in [0.1, 0.15) is 0 Å². The Labute approximate surface area is 87.6 Å². The minimum absolute atomic E-state index is 0.578. The molecule has 4 heteroatoms. The van der Waals surface area contributed by atoms with E-state index in [1.165, 1.54) is 11.8 Å². The van der Waals surface area contributed by atoms with Crippen molar-refractivity contribution >= 4 is 16.9 Å². The molecule has 0 fully saturated rings. The molecule has 0 aliphatic rings. The summed E-state index contributed by atoms with van der Waals surface area (Å²) in [7, 11) is 1.67. The highest BCUT2D eigenvalue weighted by Gasteiger charge is 1.96. The van der Waals surface area contributed by atoms with Crippen LogP contribution in [0.4, 0.5) is 0 Å². The van der Waals surface area contributed by atoms with E-state index in [1.807, 2.05) is 12.1 Å². The maximum atomic E-state index is 8.59. The van der Waals surface area contributed by atoms with Gasteiger partial charge in [-0.25, -0.2) is 0 Å². The molecule has 0 unspecified atom stereocenters. The highest BCUT2D eigenvalue weighted by molar-refractivity contribution is 8.13. The molecule has 1 rings (SSSR count). The van der Waals surface area contributed by atoms with E-state index in [4.69, 9.17) is 11.0 Å². The van der Waals surface area contributed by atoms with Gasteiger partial charge >= 0.3 is 0 Å². The zero-order chi connectivity index (χ0) is 10.4. The Bertz CT molecular complexity index is 362. The van der Waals surface area contributed by atoms with Gasteiger partial charge in [0.2, 0.25) is 0 Å². The Morgan fingerprint density at radius 2 is 2.14 bits per heavy atom. The lowest BCUT2D eigenvalue weighted by molar-refractivity contribution is 1.39. The fourth-order valence-electron chi connectivity index (χ4n) is 0.897. The predicted molar refractivity (Wildman–Crippen MR) is 60.0 cm³/mol. The summed E-state index contributed by atoms with van der Waals surface area (Å²) in [5.41, 5.74) is 7.35. The number of thioether (sulfide) groups is 1. The summed E-state index contributed by atoms with van der Waals surface area (Å²) in [5, 5.41) is 9.17. The monoisotopic (exact) mass is 205 g/mol. The lowest BCUT2D eigenvalue weighted by Crippen LogP contribution is -2.05. The number of rotatable bonds is 2. The van der Waals surface area contributed by atoms with Crippen LogP contribution < -0.4 is 5.73 Å². The van der Waals surface area contributed by atoms with Crippen molar-refractivity contribution in [3.63, 3.8) is 0 Å². The molecular formula is C10H11N3S. The van der Waals surface area contributed by atoms with Gasteiger partial charge in [0.25, 0.3) is 0 Å². The highest BCUT2D eigenvalue weighted by Crippen LogP contribution is 2.12. The first-order valence-electron chi connectivity index (χ1n) is 4.10. The molecule has 1 aromatic carbocycles. The minimum Gasteiger partial charge on any atom is -0.379 e. The fourth-order valence-corrected chi connectivity index (χ4v) is 1.53. The Balaban J connectivity index is 2.57. The standard InChI is InChI=1S/C10H11N3S/c1-13-10(12)14-7-9-4-2-8(6-11)3-5-9/h2-5H,7H2,1H3,(H2,12,13). The second-order valence-electron chi connectivity index (χ2n) is 2.66. The predicted octanol–water partition coefficient (Wildman–Crippen LogP) is 1.74. The molecule has 0 amide bonds. The summed E-state index contributed by atoms with van der Waals surface area (Å²) < 4.78 is 0. The van der Waals surface area contributed by atoms with E-state index in [1.54, 1.807) is 19.2 Å². The van der Waals surface area contributed by atoms with Crippen LogP contribution in [0.5, 0.6) is 0 Å². The molecule has 0 spiro atoms. The molecule has 0 bridgehead atoms. The van der Waals surface area contributed by atoms with Gasteiger partial charge in [0.05, 0.1) is 11.6 Å². The molecule has 0 heterocycles. The van der Waals surface area contributed by atoms with Gasteiger partial charge in [-0.3, -0.25) is 4.99 Å². The molecule has 3 nitrogen and oxygen atoms in total. The second-order valence-corrected chi connectivity index (χ2v) is 3.65. The van der Waals surface area contributed by atoms with Crippen molar-refractivity contribution in [3.05, 3.63) is 35.4 Å². The molecule has 0 aliphatic carbocycles. The molecule has 2 N–H and O–H groups in total. The van der Waals surface area contributed by atoms with Crippen molar-refractivity contribution in [2.75, 3.05) is 7.05 Å². The third-order valence-corrected chi connectivity index (χ3v) is 2.65. The van der Waals surface area contributed by atoms with E-state index in [0.29, 0.717) is 10.7 Å². The van der Waals surface area contributed by atoms with Gasteiger partial charge in [-0.15, -0.1) is 0 Å². The molecule has 0 aromatic heterocycles. The van der Waals surface area contributed by atoms with Crippen LogP contribution in [-0.4, -0.2) is 12.2 Å². The topological polar surface area (TPSA) is 62.2 Å². The molecule has 72 valence electrons. The Hall–Kier alpha value is -1.47.